The lowest BCUT2D eigenvalue weighted by Gasteiger charge is -2.06. The van der Waals surface area contributed by atoms with E-state index in [9.17, 15) is 4.79 Å². The first-order chi connectivity index (χ1) is 8.61. The van der Waals surface area contributed by atoms with E-state index in [1.807, 2.05) is 13.0 Å². The zero-order valence-electron chi connectivity index (χ0n) is 10.1. The number of rotatable bonds is 3. The van der Waals surface area contributed by atoms with Crippen LogP contribution in [0, 0.1) is 0 Å². The van der Waals surface area contributed by atoms with Crippen molar-refractivity contribution in [2.45, 2.75) is 13.8 Å². The molecule has 2 rings (SSSR count). The summed E-state index contributed by atoms with van der Waals surface area (Å²) >= 11 is 6.07. The van der Waals surface area contributed by atoms with Crippen LogP contribution in [0.1, 0.15) is 19.4 Å². The van der Waals surface area contributed by atoms with E-state index < -0.39 is 5.97 Å². The molecular formula is C13H12ClNO3. The highest BCUT2D eigenvalue weighted by molar-refractivity contribution is 6.32. The molecule has 0 aromatic heterocycles. The molecule has 1 heterocycles. The van der Waals surface area contributed by atoms with Crippen LogP contribution in [0.25, 0.3) is 6.08 Å². The second-order valence-corrected chi connectivity index (χ2v) is 4.14. The number of ether oxygens (including phenoxy) is 1. The van der Waals surface area contributed by atoms with Crippen molar-refractivity contribution in [3.63, 3.8) is 0 Å². The molecule has 1 aliphatic rings. The number of carbonyl (C=O) groups is 1. The van der Waals surface area contributed by atoms with Gasteiger partial charge < -0.3 is 9.57 Å². The monoisotopic (exact) mass is 265 g/mol. The SMILES string of the molecule is CCOc1ccc(/C=C2/C(=O)ON=C2C)cc1Cl. The maximum Gasteiger partial charge on any atom is 0.367 e. The van der Waals surface area contributed by atoms with E-state index in [1.165, 1.54) is 0 Å². The predicted molar refractivity (Wildman–Crippen MR) is 69.8 cm³/mol. The van der Waals surface area contributed by atoms with E-state index in [-0.39, 0.29) is 0 Å². The first-order valence-electron chi connectivity index (χ1n) is 5.52. The van der Waals surface area contributed by atoms with E-state index in [2.05, 4.69) is 9.99 Å². The Bertz CT molecular complexity index is 549. The number of halogens is 1. The van der Waals surface area contributed by atoms with E-state index in [4.69, 9.17) is 16.3 Å². The van der Waals surface area contributed by atoms with Gasteiger partial charge in [-0.1, -0.05) is 22.8 Å². The molecule has 18 heavy (non-hydrogen) atoms. The topological polar surface area (TPSA) is 47.9 Å². The molecule has 1 aromatic rings. The fraction of sp³-hybridized carbons (Fsp3) is 0.231. The Hall–Kier alpha value is -1.81. The van der Waals surface area contributed by atoms with Crippen molar-refractivity contribution in [3.8, 4) is 5.75 Å². The molecule has 0 saturated carbocycles. The third-order valence-electron chi connectivity index (χ3n) is 2.44. The summed E-state index contributed by atoms with van der Waals surface area (Å²) in [6.07, 6.45) is 1.69. The third kappa shape index (κ3) is 2.54. The van der Waals surface area contributed by atoms with Crippen molar-refractivity contribution in [3.05, 3.63) is 34.4 Å². The zero-order chi connectivity index (χ0) is 13.1. The summed E-state index contributed by atoms with van der Waals surface area (Å²) < 4.78 is 5.34. The maximum atomic E-state index is 11.4. The average molecular weight is 266 g/mol. The first-order valence-corrected chi connectivity index (χ1v) is 5.90. The van der Waals surface area contributed by atoms with Gasteiger partial charge in [-0.3, -0.25) is 0 Å². The van der Waals surface area contributed by atoms with Crippen molar-refractivity contribution in [2.75, 3.05) is 6.61 Å². The molecule has 94 valence electrons. The molecule has 0 spiro atoms. The maximum absolute atomic E-state index is 11.4. The van der Waals surface area contributed by atoms with Crippen LogP contribution in [-0.4, -0.2) is 18.3 Å². The Labute approximate surface area is 110 Å². The second kappa shape index (κ2) is 5.23. The minimum atomic E-state index is -0.447. The summed E-state index contributed by atoms with van der Waals surface area (Å²) in [6, 6.07) is 5.33. The molecule has 0 N–H and O–H groups in total. The quantitative estimate of drug-likeness (QED) is 0.623. The molecule has 1 aliphatic heterocycles. The summed E-state index contributed by atoms with van der Waals surface area (Å²) in [5, 5.41) is 4.11. The molecule has 0 aliphatic carbocycles. The van der Waals surface area contributed by atoms with Crippen molar-refractivity contribution >= 4 is 29.4 Å². The van der Waals surface area contributed by atoms with Crippen molar-refractivity contribution < 1.29 is 14.4 Å². The number of hydrogen-bond acceptors (Lipinski definition) is 4. The minimum absolute atomic E-state index is 0.440. The van der Waals surface area contributed by atoms with Crippen LogP contribution in [0.15, 0.2) is 28.9 Å². The molecule has 0 saturated heterocycles. The largest absolute Gasteiger partial charge is 0.492 e. The highest BCUT2D eigenvalue weighted by Gasteiger charge is 2.21. The van der Waals surface area contributed by atoms with Gasteiger partial charge in [-0.25, -0.2) is 4.79 Å². The van der Waals surface area contributed by atoms with Gasteiger partial charge in [0.15, 0.2) is 0 Å². The van der Waals surface area contributed by atoms with Crippen LogP contribution in [0.2, 0.25) is 5.02 Å². The van der Waals surface area contributed by atoms with Crippen molar-refractivity contribution in [1.82, 2.24) is 0 Å². The Balaban J connectivity index is 2.30. The Morgan fingerprint density at radius 3 is 2.83 bits per heavy atom. The molecule has 0 bridgehead atoms. The molecule has 0 radical (unpaired) electrons. The standard InChI is InChI=1S/C13H12ClNO3/c1-3-17-12-5-4-9(7-11(12)14)6-10-8(2)15-18-13(10)16/h4-7H,3H2,1-2H3/b10-6+. The highest BCUT2D eigenvalue weighted by Crippen LogP contribution is 2.27. The summed E-state index contributed by atoms with van der Waals surface area (Å²) in [4.78, 5) is 15.9. The summed E-state index contributed by atoms with van der Waals surface area (Å²) in [5.74, 6) is 0.179. The fourth-order valence-electron chi connectivity index (χ4n) is 1.57. The Morgan fingerprint density at radius 1 is 1.50 bits per heavy atom. The van der Waals surface area contributed by atoms with Gasteiger partial charge in [0.05, 0.1) is 22.9 Å². The van der Waals surface area contributed by atoms with Gasteiger partial charge in [0.1, 0.15) is 5.75 Å². The molecule has 4 nitrogen and oxygen atoms in total. The predicted octanol–water partition coefficient (Wildman–Crippen LogP) is 3.05. The highest BCUT2D eigenvalue weighted by atomic mass is 35.5. The molecule has 0 atom stereocenters. The lowest BCUT2D eigenvalue weighted by Crippen LogP contribution is -2.01. The number of hydrogen-bond donors (Lipinski definition) is 0. The van der Waals surface area contributed by atoms with E-state index >= 15 is 0 Å². The lowest BCUT2D eigenvalue weighted by molar-refractivity contribution is -0.136. The molecular weight excluding hydrogens is 254 g/mol. The third-order valence-corrected chi connectivity index (χ3v) is 2.74. The van der Waals surface area contributed by atoms with Crippen LogP contribution >= 0.6 is 11.6 Å². The van der Waals surface area contributed by atoms with E-state index in [0.717, 1.165) is 5.56 Å². The number of nitrogens with zero attached hydrogens (tertiary/aromatic N) is 1. The minimum Gasteiger partial charge on any atom is -0.492 e. The van der Waals surface area contributed by atoms with Gasteiger partial charge in [-0.05, 0) is 37.6 Å². The summed E-state index contributed by atoms with van der Waals surface area (Å²) in [7, 11) is 0. The van der Waals surface area contributed by atoms with Gasteiger partial charge >= 0.3 is 5.97 Å². The molecule has 0 fully saturated rings. The molecule has 0 unspecified atom stereocenters. The van der Waals surface area contributed by atoms with Crippen molar-refractivity contribution in [2.24, 2.45) is 5.16 Å². The van der Waals surface area contributed by atoms with Crippen molar-refractivity contribution in [1.29, 1.82) is 0 Å². The van der Waals surface area contributed by atoms with E-state index in [1.54, 1.807) is 25.1 Å². The molecule has 5 heteroatoms. The fourth-order valence-corrected chi connectivity index (χ4v) is 1.81. The normalized spacial score (nSPS) is 16.7. The van der Waals surface area contributed by atoms with Crippen LogP contribution in [0.3, 0.4) is 0 Å². The van der Waals surface area contributed by atoms with Gasteiger partial charge in [0, 0.05) is 0 Å². The number of benzene rings is 1. The van der Waals surface area contributed by atoms with Crippen LogP contribution in [0.5, 0.6) is 5.75 Å². The number of oxime groups is 1. The first kappa shape index (κ1) is 12.6. The van der Waals surface area contributed by atoms with Gasteiger partial charge in [0.2, 0.25) is 0 Å². The number of carbonyl (C=O) groups excluding carboxylic acids is 1. The summed E-state index contributed by atoms with van der Waals surface area (Å²) in [5.41, 5.74) is 1.80. The second-order valence-electron chi connectivity index (χ2n) is 3.74. The summed E-state index contributed by atoms with van der Waals surface area (Å²) in [6.45, 7) is 4.16. The van der Waals surface area contributed by atoms with Crippen LogP contribution in [0.4, 0.5) is 0 Å². The Morgan fingerprint density at radius 2 is 2.28 bits per heavy atom. The van der Waals surface area contributed by atoms with Gasteiger partial charge in [0.25, 0.3) is 0 Å². The molecule has 0 amide bonds. The zero-order valence-corrected chi connectivity index (χ0v) is 10.8. The van der Waals surface area contributed by atoms with E-state index in [0.29, 0.717) is 28.7 Å². The van der Waals surface area contributed by atoms with Gasteiger partial charge in [-0.15, -0.1) is 0 Å². The van der Waals surface area contributed by atoms with Crippen LogP contribution < -0.4 is 4.74 Å². The average Bonchev–Trinajstić information content (AvgIpc) is 2.65. The Kier molecular flexibility index (Phi) is 3.67. The van der Waals surface area contributed by atoms with Gasteiger partial charge in [-0.2, -0.15) is 0 Å². The lowest BCUT2D eigenvalue weighted by atomic mass is 10.1. The molecule has 1 aromatic carbocycles. The smallest absolute Gasteiger partial charge is 0.367 e. The van der Waals surface area contributed by atoms with Crippen LogP contribution in [-0.2, 0) is 9.63 Å².